The molecule has 0 aliphatic heterocycles. The Morgan fingerprint density at radius 1 is 0.972 bits per heavy atom. The Balaban J connectivity index is 1.68. The standard InChI is InChI=1S/C26H21Br4N3O3/c1-14(2)25-32-22-7-6-17(27)9-19(22)26(34)33(25)31-12-16-8-23(35-3)24(11-21(16)30)36-13-15-4-5-18(28)10-20(15)29/h4-12,14H,13H2,1-3H3. The number of benzene rings is 3. The van der Waals surface area contributed by atoms with Crippen molar-refractivity contribution in [3.05, 3.63) is 93.7 Å². The van der Waals surface area contributed by atoms with Crippen LogP contribution in [0.15, 0.2) is 76.3 Å². The number of aromatic nitrogens is 2. The lowest BCUT2D eigenvalue weighted by Gasteiger charge is -2.14. The van der Waals surface area contributed by atoms with E-state index in [-0.39, 0.29) is 11.5 Å². The van der Waals surface area contributed by atoms with Crippen LogP contribution in [0.2, 0.25) is 0 Å². The fourth-order valence-electron chi connectivity index (χ4n) is 3.49. The first-order chi connectivity index (χ1) is 17.2. The number of rotatable bonds is 7. The van der Waals surface area contributed by atoms with E-state index >= 15 is 0 Å². The topological polar surface area (TPSA) is 65.7 Å². The smallest absolute Gasteiger partial charge is 0.282 e. The van der Waals surface area contributed by atoms with Crippen molar-refractivity contribution >= 4 is 80.8 Å². The average molecular weight is 743 g/mol. The van der Waals surface area contributed by atoms with E-state index in [0.717, 1.165) is 29.0 Å². The summed E-state index contributed by atoms with van der Waals surface area (Å²) in [5.74, 6) is 1.70. The second-order valence-electron chi connectivity index (χ2n) is 8.20. The van der Waals surface area contributed by atoms with Crippen LogP contribution < -0.4 is 15.0 Å². The maximum absolute atomic E-state index is 13.3. The molecule has 36 heavy (non-hydrogen) atoms. The molecule has 4 aromatic rings. The van der Waals surface area contributed by atoms with Crippen LogP contribution in [0.3, 0.4) is 0 Å². The number of halogens is 4. The first kappa shape index (κ1) is 27.0. The highest BCUT2D eigenvalue weighted by Gasteiger charge is 2.15. The van der Waals surface area contributed by atoms with E-state index in [0.29, 0.717) is 34.8 Å². The van der Waals surface area contributed by atoms with Gasteiger partial charge in [0.05, 0.1) is 24.2 Å². The lowest BCUT2D eigenvalue weighted by molar-refractivity contribution is 0.283. The Labute approximate surface area is 242 Å². The van der Waals surface area contributed by atoms with Crippen LogP contribution >= 0.6 is 63.7 Å². The van der Waals surface area contributed by atoms with Gasteiger partial charge in [0, 0.05) is 34.9 Å². The first-order valence-electron chi connectivity index (χ1n) is 10.9. The average Bonchev–Trinajstić information content (AvgIpc) is 2.83. The molecule has 0 fully saturated rings. The number of hydrogen-bond donors (Lipinski definition) is 0. The van der Waals surface area contributed by atoms with Gasteiger partial charge in [0.25, 0.3) is 5.56 Å². The highest BCUT2D eigenvalue weighted by molar-refractivity contribution is 9.11. The van der Waals surface area contributed by atoms with Crippen molar-refractivity contribution in [1.82, 2.24) is 9.66 Å². The lowest BCUT2D eigenvalue weighted by Crippen LogP contribution is -2.23. The van der Waals surface area contributed by atoms with Gasteiger partial charge in [-0.2, -0.15) is 9.78 Å². The van der Waals surface area contributed by atoms with Crippen molar-refractivity contribution in [3.63, 3.8) is 0 Å². The van der Waals surface area contributed by atoms with Crippen LogP contribution in [0.1, 0.15) is 36.7 Å². The number of fused-ring (bicyclic) bond motifs is 1. The summed E-state index contributed by atoms with van der Waals surface area (Å²) in [6.45, 7) is 4.32. The van der Waals surface area contributed by atoms with Gasteiger partial charge in [-0.05, 0) is 58.4 Å². The molecule has 0 bridgehead atoms. The molecule has 6 nitrogen and oxygen atoms in total. The number of ether oxygens (including phenoxy) is 2. The molecule has 0 saturated heterocycles. The van der Waals surface area contributed by atoms with Crippen LogP contribution in [0.4, 0.5) is 0 Å². The molecule has 4 rings (SSSR count). The third kappa shape index (κ3) is 5.93. The number of methoxy groups -OCH3 is 1. The van der Waals surface area contributed by atoms with Crippen LogP contribution in [0.25, 0.3) is 10.9 Å². The Hall–Kier alpha value is -2.01. The maximum atomic E-state index is 13.3. The maximum Gasteiger partial charge on any atom is 0.282 e. The Bertz CT molecular complexity index is 1530. The molecule has 0 spiro atoms. The molecule has 186 valence electrons. The predicted octanol–water partition coefficient (Wildman–Crippen LogP) is 8.04. The van der Waals surface area contributed by atoms with Crippen LogP contribution in [0, 0.1) is 0 Å². The monoisotopic (exact) mass is 739 g/mol. The SMILES string of the molecule is COc1cc(C=Nn2c(C(C)C)nc3ccc(Br)cc3c2=O)c(Br)cc1OCc1ccc(Br)cc1Br. The zero-order valence-electron chi connectivity index (χ0n) is 19.6. The van der Waals surface area contributed by atoms with Crippen molar-refractivity contribution in [2.75, 3.05) is 7.11 Å². The van der Waals surface area contributed by atoms with Crippen molar-refractivity contribution in [2.24, 2.45) is 5.10 Å². The third-order valence-corrected chi connectivity index (χ3v) is 7.75. The highest BCUT2D eigenvalue weighted by atomic mass is 79.9. The zero-order valence-corrected chi connectivity index (χ0v) is 25.9. The summed E-state index contributed by atoms with van der Waals surface area (Å²) in [5, 5.41) is 5.01. The van der Waals surface area contributed by atoms with Crippen LogP contribution in [0.5, 0.6) is 11.5 Å². The molecular weight excluding hydrogens is 722 g/mol. The summed E-state index contributed by atoms with van der Waals surface area (Å²) in [5.41, 5.74) is 2.13. The van der Waals surface area contributed by atoms with Gasteiger partial charge in [0.15, 0.2) is 11.5 Å². The van der Waals surface area contributed by atoms with Crippen LogP contribution in [-0.2, 0) is 6.61 Å². The molecule has 0 radical (unpaired) electrons. The second kappa shape index (κ2) is 11.6. The molecule has 10 heteroatoms. The predicted molar refractivity (Wildman–Crippen MR) is 158 cm³/mol. The molecule has 0 atom stereocenters. The van der Waals surface area contributed by atoms with Gasteiger partial charge in [-0.25, -0.2) is 4.98 Å². The fraction of sp³-hybridized carbons (Fsp3) is 0.192. The minimum atomic E-state index is -0.232. The van der Waals surface area contributed by atoms with E-state index in [4.69, 9.17) is 9.47 Å². The van der Waals surface area contributed by atoms with E-state index in [1.54, 1.807) is 19.4 Å². The molecule has 0 amide bonds. The third-order valence-electron chi connectivity index (χ3n) is 5.34. The first-order valence-corrected chi connectivity index (χ1v) is 14.1. The fourth-order valence-corrected chi connectivity index (χ4v) is 5.43. The summed E-state index contributed by atoms with van der Waals surface area (Å²) >= 11 is 14.0. The minimum absolute atomic E-state index is 0.00502. The van der Waals surface area contributed by atoms with Crippen molar-refractivity contribution in [2.45, 2.75) is 26.4 Å². The van der Waals surface area contributed by atoms with Gasteiger partial charge >= 0.3 is 0 Å². The summed E-state index contributed by atoms with van der Waals surface area (Å²) in [6, 6.07) is 15.0. The highest BCUT2D eigenvalue weighted by Crippen LogP contribution is 2.34. The van der Waals surface area contributed by atoms with E-state index in [2.05, 4.69) is 73.8 Å². The largest absolute Gasteiger partial charge is 0.493 e. The van der Waals surface area contributed by atoms with Gasteiger partial charge in [0.2, 0.25) is 0 Å². The number of nitrogens with zero attached hydrogens (tertiary/aromatic N) is 3. The summed E-state index contributed by atoms with van der Waals surface area (Å²) in [7, 11) is 1.58. The molecule has 0 aliphatic rings. The minimum Gasteiger partial charge on any atom is -0.493 e. The van der Waals surface area contributed by atoms with Gasteiger partial charge < -0.3 is 9.47 Å². The number of hydrogen-bond acceptors (Lipinski definition) is 5. The molecule has 3 aromatic carbocycles. The van der Waals surface area contributed by atoms with Crippen LogP contribution in [-0.4, -0.2) is 23.0 Å². The van der Waals surface area contributed by atoms with Gasteiger partial charge in [-0.3, -0.25) is 4.79 Å². The Morgan fingerprint density at radius 3 is 2.39 bits per heavy atom. The quantitative estimate of drug-likeness (QED) is 0.180. The molecule has 1 aromatic heterocycles. The summed E-state index contributed by atoms with van der Waals surface area (Å²) in [4.78, 5) is 18.0. The Morgan fingerprint density at radius 2 is 1.69 bits per heavy atom. The lowest BCUT2D eigenvalue weighted by atomic mass is 10.2. The molecule has 0 N–H and O–H groups in total. The normalized spacial score (nSPS) is 11.6. The summed E-state index contributed by atoms with van der Waals surface area (Å²) < 4.78 is 16.5. The van der Waals surface area contributed by atoms with Crippen molar-refractivity contribution in [1.29, 1.82) is 0 Å². The van der Waals surface area contributed by atoms with Gasteiger partial charge in [-0.1, -0.05) is 67.7 Å². The molecule has 0 unspecified atom stereocenters. The second-order valence-corrected chi connectivity index (χ2v) is 11.7. The Kier molecular flexibility index (Phi) is 8.70. The van der Waals surface area contributed by atoms with Gasteiger partial charge in [0.1, 0.15) is 12.4 Å². The zero-order chi connectivity index (χ0) is 26.0. The van der Waals surface area contributed by atoms with Crippen molar-refractivity contribution in [3.8, 4) is 11.5 Å². The van der Waals surface area contributed by atoms with E-state index < -0.39 is 0 Å². The molecular formula is C26H21Br4N3O3. The van der Waals surface area contributed by atoms with E-state index in [1.165, 1.54) is 4.68 Å². The molecule has 1 heterocycles. The van der Waals surface area contributed by atoms with Gasteiger partial charge in [-0.15, -0.1) is 0 Å². The summed E-state index contributed by atoms with van der Waals surface area (Å²) in [6.07, 6.45) is 1.61. The van der Waals surface area contributed by atoms with Crippen molar-refractivity contribution < 1.29 is 9.47 Å². The molecule has 0 aliphatic carbocycles. The van der Waals surface area contributed by atoms with E-state index in [9.17, 15) is 4.79 Å². The molecule has 0 saturated carbocycles. The van der Waals surface area contributed by atoms with E-state index in [1.807, 2.05) is 56.3 Å².